The molecule has 0 aliphatic heterocycles. The molecule has 7 aromatic carbocycles. The molecular weight excluding hydrogens is 685 g/mol. The zero-order valence-electron chi connectivity index (χ0n) is 30.2. The van der Waals surface area contributed by atoms with Gasteiger partial charge in [-0.15, -0.1) is 0 Å². The standard InChI is InChI=1S/C50H32N6/c1-5-15-33(16-6-1)37-24-28-43-41(31-37)39-26-27-40-42-32-38(34-17-7-2-8-18-34)25-29-44(42)56(47(40)46(39)55(43)45-23-13-14-30-51-45)50-53-48(35-19-9-3-10-20-35)52-49(54-50)36-21-11-4-12-22-36/h1-32H. The van der Waals surface area contributed by atoms with Gasteiger partial charge in [0.2, 0.25) is 5.95 Å². The van der Waals surface area contributed by atoms with Crippen molar-refractivity contribution in [3.05, 3.63) is 194 Å². The average molecular weight is 717 g/mol. The highest BCUT2D eigenvalue weighted by Crippen LogP contribution is 2.43. The van der Waals surface area contributed by atoms with Gasteiger partial charge in [0.25, 0.3) is 0 Å². The number of aromatic nitrogens is 6. The summed E-state index contributed by atoms with van der Waals surface area (Å²) >= 11 is 0. The Morgan fingerprint density at radius 1 is 0.321 bits per heavy atom. The molecule has 0 aliphatic carbocycles. The second-order valence-corrected chi connectivity index (χ2v) is 13.9. The van der Waals surface area contributed by atoms with Gasteiger partial charge in [-0.25, -0.2) is 9.97 Å². The van der Waals surface area contributed by atoms with Gasteiger partial charge >= 0.3 is 0 Å². The highest BCUT2D eigenvalue weighted by Gasteiger charge is 2.24. The molecule has 262 valence electrons. The van der Waals surface area contributed by atoms with Crippen LogP contribution in [0.5, 0.6) is 0 Å². The van der Waals surface area contributed by atoms with Gasteiger partial charge < -0.3 is 0 Å². The van der Waals surface area contributed by atoms with Crippen LogP contribution in [0.4, 0.5) is 0 Å². The molecule has 0 radical (unpaired) electrons. The van der Waals surface area contributed by atoms with Gasteiger partial charge in [0.05, 0.1) is 22.1 Å². The molecular formula is C50H32N6. The first-order valence-corrected chi connectivity index (χ1v) is 18.7. The number of hydrogen-bond acceptors (Lipinski definition) is 4. The van der Waals surface area contributed by atoms with Crippen molar-refractivity contribution in [2.75, 3.05) is 0 Å². The fraction of sp³-hybridized carbons (Fsp3) is 0. The number of pyridine rings is 1. The molecule has 0 amide bonds. The van der Waals surface area contributed by atoms with E-state index in [0.29, 0.717) is 17.6 Å². The zero-order chi connectivity index (χ0) is 37.0. The molecule has 0 aliphatic rings. The molecule has 0 saturated carbocycles. The molecule has 6 nitrogen and oxygen atoms in total. The van der Waals surface area contributed by atoms with Crippen molar-refractivity contribution in [1.82, 2.24) is 29.1 Å². The maximum Gasteiger partial charge on any atom is 0.238 e. The normalized spacial score (nSPS) is 11.6. The first-order chi connectivity index (χ1) is 27.8. The number of rotatable bonds is 6. The number of nitrogens with zero attached hydrogens (tertiary/aromatic N) is 6. The van der Waals surface area contributed by atoms with E-state index < -0.39 is 0 Å². The van der Waals surface area contributed by atoms with E-state index in [2.05, 4.69) is 124 Å². The van der Waals surface area contributed by atoms with Crippen LogP contribution in [0.25, 0.3) is 100 Å². The fourth-order valence-electron chi connectivity index (χ4n) is 8.05. The molecule has 4 heterocycles. The smallest absolute Gasteiger partial charge is 0.238 e. The van der Waals surface area contributed by atoms with Crippen molar-refractivity contribution < 1.29 is 0 Å². The Hall–Kier alpha value is -7.70. The number of fused-ring (bicyclic) bond motifs is 7. The molecule has 0 saturated heterocycles. The van der Waals surface area contributed by atoms with Crippen molar-refractivity contribution in [2.45, 2.75) is 0 Å². The Morgan fingerprint density at radius 2 is 0.768 bits per heavy atom. The summed E-state index contributed by atoms with van der Waals surface area (Å²) in [6.07, 6.45) is 1.86. The highest BCUT2D eigenvalue weighted by atomic mass is 15.2. The van der Waals surface area contributed by atoms with E-state index in [1.165, 1.54) is 5.56 Å². The molecule has 0 fully saturated rings. The first-order valence-electron chi connectivity index (χ1n) is 18.7. The van der Waals surface area contributed by atoms with E-state index in [-0.39, 0.29) is 0 Å². The van der Waals surface area contributed by atoms with Gasteiger partial charge in [-0.2, -0.15) is 9.97 Å². The SMILES string of the molecule is c1ccc(-c2ccc3c(c2)c2ccc4c5cc(-c6ccccc6)ccc5n(-c5nc(-c6ccccc6)nc(-c6ccccc6)n5)c4c2n3-c2ccccn2)cc1. The Balaban J connectivity index is 1.31. The summed E-state index contributed by atoms with van der Waals surface area (Å²) in [7, 11) is 0. The van der Waals surface area contributed by atoms with Crippen molar-refractivity contribution in [2.24, 2.45) is 0 Å². The van der Waals surface area contributed by atoms with Crippen molar-refractivity contribution in [3.63, 3.8) is 0 Å². The monoisotopic (exact) mass is 716 g/mol. The molecule has 0 bridgehead atoms. The van der Waals surface area contributed by atoms with Crippen molar-refractivity contribution >= 4 is 43.6 Å². The Kier molecular flexibility index (Phi) is 7.38. The minimum absolute atomic E-state index is 0.542. The minimum Gasteiger partial charge on any atom is -0.292 e. The maximum atomic E-state index is 5.29. The summed E-state index contributed by atoms with van der Waals surface area (Å²) in [4.78, 5) is 20.6. The lowest BCUT2D eigenvalue weighted by atomic mass is 10.0. The topological polar surface area (TPSA) is 61.4 Å². The maximum absolute atomic E-state index is 5.29. The summed E-state index contributed by atoms with van der Waals surface area (Å²) in [5, 5.41) is 4.45. The second-order valence-electron chi connectivity index (χ2n) is 13.9. The van der Waals surface area contributed by atoms with Crippen LogP contribution in [0.1, 0.15) is 0 Å². The van der Waals surface area contributed by atoms with Crippen LogP contribution >= 0.6 is 0 Å². The molecule has 11 rings (SSSR count). The van der Waals surface area contributed by atoms with Crippen LogP contribution in [-0.4, -0.2) is 29.1 Å². The van der Waals surface area contributed by atoms with Crippen LogP contribution in [-0.2, 0) is 0 Å². The molecule has 56 heavy (non-hydrogen) atoms. The number of hydrogen-bond donors (Lipinski definition) is 0. The lowest BCUT2D eigenvalue weighted by molar-refractivity contribution is 0.952. The molecule has 0 atom stereocenters. The van der Waals surface area contributed by atoms with Gasteiger partial charge in [0.15, 0.2) is 11.6 Å². The molecule has 4 aromatic heterocycles. The van der Waals surface area contributed by atoms with Crippen LogP contribution in [0, 0.1) is 0 Å². The third-order valence-corrected chi connectivity index (χ3v) is 10.6. The summed E-state index contributed by atoms with van der Waals surface area (Å²) in [6.45, 7) is 0. The van der Waals surface area contributed by atoms with Crippen molar-refractivity contribution in [3.8, 4) is 56.8 Å². The number of benzene rings is 7. The third-order valence-electron chi connectivity index (χ3n) is 10.6. The van der Waals surface area contributed by atoms with Crippen LogP contribution in [0.3, 0.4) is 0 Å². The minimum atomic E-state index is 0.542. The molecule has 11 aromatic rings. The Labute approximate surface area is 322 Å². The van der Waals surface area contributed by atoms with E-state index >= 15 is 0 Å². The van der Waals surface area contributed by atoms with Crippen LogP contribution in [0.15, 0.2) is 194 Å². The largest absolute Gasteiger partial charge is 0.292 e. The Morgan fingerprint density at radius 3 is 1.25 bits per heavy atom. The summed E-state index contributed by atoms with van der Waals surface area (Å²) in [6, 6.07) is 65.5. The van der Waals surface area contributed by atoms with E-state index in [0.717, 1.165) is 77.2 Å². The fourth-order valence-corrected chi connectivity index (χ4v) is 8.05. The highest BCUT2D eigenvalue weighted by molar-refractivity contribution is 6.24. The molecule has 0 unspecified atom stereocenters. The predicted octanol–water partition coefficient (Wildman–Crippen LogP) is 12.1. The average Bonchev–Trinajstić information content (AvgIpc) is 3.80. The Bertz CT molecular complexity index is 3150. The molecule has 0 N–H and O–H groups in total. The zero-order valence-corrected chi connectivity index (χ0v) is 30.2. The second kappa shape index (κ2) is 13.0. The van der Waals surface area contributed by atoms with E-state index in [4.69, 9.17) is 19.9 Å². The summed E-state index contributed by atoms with van der Waals surface area (Å²) < 4.78 is 4.53. The lowest BCUT2D eigenvalue weighted by Gasteiger charge is -2.13. The van der Waals surface area contributed by atoms with Gasteiger partial charge in [-0.3, -0.25) is 9.13 Å². The van der Waals surface area contributed by atoms with Crippen LogP contribution in [0.2, 0.25) is 0 Å². The van der Waals surface area contributed by atoms with Gasteiger partial charge in [-0.05, 0) is 58.7 Å². The third kappa shape index (κ3) is 5.19. The molecule has 0 spiro atoms. The van der Waals surface area contributed by atoms with Crippen molar-refractivity contribution in [1.29, 1.82) is 0 Å². The molecule has 6 heteroatoms. The van der Waals surface area contributed by atoms with E-state index in [1.54, 1.807) is 0 Å². The van der Waals surface area contributed by atoms with Gasteiger partial charge in [-0.1, -0.05) is 152 Å². The van der Waals surface area contributed by atoms with E-state index in [1.807, 2.05) is 79.0 Å². The first kappa shape index (κ1) is 31.8. The van der Waals surface area contributed by atoms with E-state index in [9.17, 15) is 0 Å². The quantitative estimate of drug-likeness (QED) is 0.172. The summed E-state index contributed by atoms with van der Waals surface area (Å²) in [5.74, 6) is 2.59. The van der Waals surface area contributed by atoms with Crippen LogP contribution < -0.4 is 0 Å². The van der Waals surface area contributed by atoms with Gasteiger partial charge in [0.1, 0.15) is 5.82 Å². The summed E-state index contributed by atoms with van der Waals surface area (Å²) in [5.41, 5.74) is 10.6. The van der Waals surface area contributed by atoms with Gasteiger partial charge in [0, 0.05) is 38.9 Å². The lowest BCUT2D eigenvalue weighted by Crippen LogP contribution is -2.07. The predicted molar refractivity (Wildman–Crippen MR) is 228 cm³/mol.